The van der Waals surface area contributed by atoms with Gasteiger partial charge in [-0.15, -0.1) is 0 Å². The molecule has 0 unspecified atom stereocenters. The van der Waals surface area contributed by atoms with Crippen LogP contribution in [0.4, 0.5) is 4.79 Å². The second-order valence-electron chi connectivity index (χ2n) is 6.83. The van der Waals surface area contributed by atoms with E-state index in [1.807, 2.05) is 37.7 Å². The van der Waals surface area contributed by atoms with E-state index in [-0.39, 0.29) is 6.09 Å². The molecule has 3 heterocycles. The van der Waals surface area contributed by atoms with E-state index in [4.69, 9.17) is 4.74 Å². The zero-order valence-electron chi connectivity index (χ0n) is 13.6. The summed E-state index contributed by atoms with van der Waals surface area (Å²) in [5, 5.41) is 4.68. The van der Waals surface area contributed by atoms with Gasteiger partial charge in [0.15, 0.2) is 0 Å². The fourth-order valence-electron chi connectivity index (χ4n) is 2.74. The third-order valence-corrected chi connectivity index (χ3v) is 4.73. The molecule has 2 aromatic rings. The number of hydrogen-bond donors (Lipinski definition) is 0. The Labute approximate surface area is 149 Å². The molecule has 1 fully saturated rings. The Kier molecular flexibility index (Phi) is 4.48. The van der Waals surface area contributed by atoms with Crippen molar-refractivity contribution in [3.8, 4) is 0 Å². The fraction of sp³-hybridized carbons (Fsp3) is 0.562. The first-order valence-electron chi connectivity index (χ1n) is 7.81. The average Bonchev–Trinajstić information content (AvgIpc) is 2.91. The molecule has 1 aliphatic heterocycles. The minimum atomic E-state index is -0.448. The van der Waals surface area contributed by atoms with E-state index in [9.17, 15) is 4.79 Å². The normalized spacial score (nSPS) is 16.8. The Hall–Kier alpha value is -1.38. The average molecular weight is 428 g/mol. The summed E-state index contributed by atoms with van der Waals surface area (Å²) in [6.45, 7) is 7.06. The summed E-state index contributed by atoms with van der Waals surface area (Å²) in [6.07, 6.45) is 5.35. The molecule has 0 atom stereocenters. The lowest BCUT2D eigenvalue weighted by Gasteiger charge is -2.33. The quantitative estimate of drug-likeness (QED) is 0.652. The number of pyridine rings is 1. The van der Waals surface area contributed by atoms with E-state index in [0.29, 0.717) is 19.1 Å². The fourth-order valence-corrected chi connectivity index (χ4v) is 3.28. The lowest BCUT2D eigenvalue weighted by atomic mass is 10.1. The molecule has 0 saturated carbocycles. The van der Waals surface area contributed by atoms with Crippen LogP contribution in [0.5, 0.6) is 0 Å². The molecule has 23 heavy (non-hydrogen) atoms. The Bertz CT molecular complexity index is 714. The van der Waals surface area contributed by atoms with Gasteiger partial charge in [0.2, 0.25) is 0 Å². The molecule has 6 nitrogen and oxygen atoms in total. The summed E-state index contributed by atoms with van der Waals surface area (Å²) >= 11 is 2.28. The van der Waals surface area contributed by atoms with Gasteiger partial charge in [-0.1, -0.05) is 0 Å². The molecule has 1 saturated heterocycles. The Balaban J connectivity index is 1.66. The second kappa shape index (κ2) is 6.26. The molecular weight excluding hydrogens is 407 g/mol. The number of ether oxygens (including phenoxy) is 1. The topological polar surface area (TPSA) is 60.2 Å². The first-order valence-corrected chi connectivity index (χ1v) is 8.89. The van der Waals surface area contributed by atoms with E-state index in [2.05, 4.69) is 32.7 Å². The van der Waals surface area contributed by atoms with Crippen LogP contribution in [0.25, 0.3) is 11.0 Å². The van der Waals surface area contributed by atoms with Gasteiger partial charge in [0, 0.05) is 22.9 Å². The van der Waals surface area contributed by atoms with Crippen molar-refractivity contribution in [2.24, 2.45) is 0 Å². The van der Waals surface area contributed by atoms with Crippen molar-refractivity contribution in [2.75, 3.05) is 13.1 Å². The van der Waals surface area contributed by atoms with Crippen LogP contribution in [0.1, 0.15) is 39.7 Å². The molecule has 0 bridgehead atoms. The van der Waals surface area contributed by atoms with Gasteiger partial charge >= 0.3 is 6.09 Å². The SMILES string of the molecule is CC(C)(C)OC(=O)N1CCC(n2cc3nccc(I)c3n2)CC1. The third kappa shape index (κ3) is 3.76. The van der Waals surface area contributed by atoms with E-state index in [0.717, 1.165) is 27.4 Å². The highest BCUT2D eigenvalue weighted by Gasteiger charge is 2.28. The number of hydrogen-bond acceptors (Lipinski definition) is 4. The maximum atomic E-state index is 12.1. The summed E-state index contributed by atoms with van der Waals surface area (Å²) < 4.78 is 8.55. The van der Waals surface area contributed by atoms with Crippen molar-refractivity contribution in [1.29, 1.82) is 0 Å². The maximum absolute atomic E-state index is 12.1. The van der Waals surface area contributed by atoms with Crippen LogP contribution in [-0.2, 0) is 4.74 Å². The van der Waals surface area contributed by atoms with Crippen LogP contribution in [-0.4, -0.2) is 44.4 Å². The van der Waals surface area contributed by atoms with Crippen LogP contribution >= 0.6 is 22.6 Å². The minimum absolute atomic E-state index is 0.224. The molecular formula is C16H21IN4O2. The number of halogens is 1. The second-order valence-corrected chi connectivity index (χ2v) is 8.00. The zero-order chi connectivity index (χ0) is 16.6. The Morgan fingerprint density at radius 3 is 2.65 bits per heavy atom. The molecule has 0 aromatic carbocycles. The number of fused-ring (bicyclic) bond motifs is 1. The van der Waals surface area contributed by atoms with E-state index in [1.165, 1.54) is 0 Å². The van der Waals surface area contributed by atoms with Crippen molar-refractivity contribution < 1.29 is 9.53 Å². The van der Waals surface area contributed by atoms with Gasteiger partial charge in [-0.25, -0.2) is 4.79 Å². The third-order valence-electron chi connectivity index (χ3n) is 3.86. The highest BCUT2D eigenvalue weighted by atomic mass is 127. The Morgan fingerprint density at radius 2 is 2.04 bits per heavy atom. The predicted molar refractivity (Wildman–Crippen MR) is 96.3 cm³/mol. The van der Waals surface area contributed by atoms with Crippen LogP contribution in [0.3, 0.4) is 0 Å². The highest BCUT2D eigenvalue weighted by molar-refractivity contribution is 14.1. The number of rotatable bonds is 1. The number of carbonyl (C=O) groups excluding carboxylic acids is 1. The minimum Gasteiger partial charge on any atom is -0.444 e. The van der Waals surface area contributed by atoms with Gasteiger partial charge < -0.3 is 9.64 Å². The first kappa shape index (κ1) is 16.5. The molecule has 1 aliphatic rings. The summed E-state index contributed by atoms with van der Waals surface area (Å²) in [5.74, 6) is 0. The molecule has 2 aromatic heterocycles. The molecule has 0 aliphatic carbocycles. The van der Waals surface area contributed by atoms with Gasteiger partial charge in [-0.2, -0.15) is 5.10 Å². The lowest BCUT2D eigenvalue weighted by Crippen LogP contribution is -2.42. The molecule has 0 N–H and O–H groups in total. The van der Waals surface area contributed by atoms with Crippen molar-refractivity contribution in [3.63, 3.8) is 0 Å². The standard InChI is InChI=1S/C16H21IN4O2/c1-16(2,3)23-15(22)20-8-5-11(6-9-20)21-10-13-14(19-21)12(17)4-7-18-13/h4,7,10-11H,5-6,8-9H2,1-3H3. The number of amides is 1. The first-order chi connectivity index (χ1) is 10.8. The highest BCUT2D eigenvalue weighted by Crippen LogP contribution is 2.26. The number of likely N-dealkylation sites (tertiary alicyclic amines) is 1. The van der Waals surface area contributed by atoms with Crippen molar-refractivity contribution >= 4 is 39.7 Å². The monoisotopic (exact) mass is 428 g/mol. The molecule has 0 radical (unpaired) electrons. The van der Waals surface area contributed by atoms with Crippen LogP contribution in [0.15, 0.2) is 18.5 Å². The molecule has 3 rings (SSSR count). The molecule has 0 spiro atoms. The van der Waals surface area contributed by atoms with Gasteiger partial charge in [0.25, 0.3) is 0 Å². The maximum Gasteiger partial charge on any atom is 0.410 e. The van der Waals surface area contributed by atoms with Gasteiger partial charge in [0.05, 0.1) is 12.2 Å². The predicted octanol–water partition coefficient (Wildman–Crippen LogP) is 3.61. The molecule has 124 valence electrons. The molecule has 7 heteroatoms. The van der Waals surface area contributed by atoms with Crippen molar-refractivity contribution in [3.05, 3.63) is 22.0 Å². The largest absolute Gasteiger partial charge is 0.444 e. The lowest BCUT2D eigenvalue weighted by molar-refractivity contribution is 0.0185. The number of carbonyl (C=O) groups is 1. The van der Waals surface area contributed by atoms with Crippen LogP contribution < -0.4 is 0 Å². The number of aromatic nitrogens is 3. The summed E-state index contributed by atoms with van der Waals surface area (Å²) in [6, 6.07) is 2.27. The zero-order valence-corrected chi connectivity index (χ0v) is 15.8. The summed E-state index contributed by atoms with van der Waals surface area (Å²) in [7, 11) is 0. The Morgan fingerprint density at radius 1 is 1.35 bits per heavy atom. The van der Waals surface area contributed by atoms with Gasteiger partial charge in [0.1, 0.15) is 16.6 Å². The summed E-state index contributed by atoms with van der Waals surface area (Å²) in [5.41, 5.74) is 1.42. The van der Waals surface area contributed by atoms with Crippen LogP contribution in [0, 0.1) is 3.57 Å². The van der Waals surface area contributed by atoms with Crippen molar-refractivity contribution in [1.82, 2.24) is 19.7 Å². The van der Waals surface area contributed by atoms with Crippen LogP contribution in [0.2, 0.25) is 0 Å². The van der Waals surface area contributed by atoms with E-state index < -0.39 is 5.60 Å². The van der Waals surface area contributed by atoms with E-state index >= 15 is 0 Å². The van der Waals surface area contributed by atoms with Gasteiger partial charge in [-0.3, -0.25) is 9.67 Å². The smallest absolute Gasteiger partial charge is 0.410 e. The number of nitrogens with zero attached hydrogens (tertiary/aromatic N) is 4. The van der Waals surface area contributed by atoms with Crippen molar-refractivity contribution in [2.45, 2.75) is 45.3 Å². The summed E-state index contributed by atoms with van der Waals surface area (Å²) in [4.78, 5) is 18.3. The van der Waals surface area contributed by atoms with E-state index in [1.54, 1.807) is 11.1 Å². The number of piperidine rings is 1. The van der Waals surface area contributed by atoms with Gasteiger partial charge in [-0.05, 0) is 62.3 Å². The molecule has 1 amide bonds.